The SMILES string of the molecule is CC[N+](C)(CC)CCCOc1cc2nc(CN)sc2cc1OC.[Cl-]. The molecule has 2 N–H and O–H groups in total. The number of nitrogens with zero attached hydrogens (tertiary/aromatic N) is 2. The van der Waals surface area contributed by atoms with Crippen LogP contribution in [0.5, 0.6) is 11.5 Å². The molecule has 0 aliphatic rings. The van der Waals surface area contributed by atoms with Crippen molar-refractivity contribution < 1.29 is 26.4 Å². The molecule has 0 fully saturated rings. The molecule has 0 aliphatic heterocycles. The monoisotopic (exact) mass is 373 g/mol. The van der Waals surface area contributed by atoms with Crippen LogP contribution in [0.15, 0.2) is 12.1 Å². The fraction of sp³-hybridized carbons (Fsp3) is 0.588. The average molecular weight is 374 g/mol. The molecule has 0 aliphatic carbocycles. The molecule has 0 saturated carbocycles. The van der Waals surface area contributed by atoms with Gasteiger partial charge in [-0.2, -0.15) is 0 Å². The number of quaternary nitrogens is 1. The van der Waals surface area contributed by atoms with Gasteiger partial charge in [-0.15, -0.1) is 11.3 Å². The van der Waals surface area contributed by atoms with Crippen molar-refractivity contribution in [2.24, 2.45) is 5.73 Å². The first-order chi connectivity index (χ1) is 11.0. The van der Waals surface area contributed by atoms with E-state index in [1.807, 2.05) is 12.1 Å². The van der Waals surface area contributed by atoms with Crippen molar-refractivity contribution in [3.05, 3.63) is 17.1 Å². The van der Waals surface area contributed by atoms with Gasteiger partial charge in [0.05, 0.1) is 50.6 Å². The van der Waals surface area contributed by atoms with Crippen molar-refractivity contribution in [2.75, 3.05) is 40.4 Å². The molecular formula is C17H28ClN3O2S. The summed E-state index contributed by atoms with van der Waals surface area (Å²) in [5, 5.41) is 0.929. The van der Waals surface area contributed by atoms with E-state index in [9.17, 15) is 0 Å². The molecule has 0 amide bonds. The van der Waals surface area contributed by atoms with Crippen LogP contribution < -0.4 is 27.6 Å². The molecule has 2 rings (SSSR count). The fourth-order valence-corrected chi connectivity index (χ4v) is 3.37. The molecule has 1 aromatic heterocycles. The summed E-state index contributed by atoms with van der Waals surface area (Å²) < 4.78 is 13.6. The van der Waals surface area contributed by atoms with Gasteiger partial charge < -0.3 is 32.1 Å². The van der Waals surface area contributed by atoms with Crippen LogP contribution in [0.2, 0.25) is 0 Å². The Hall–Kier alpha value is -1.08. The Labute approximate surface area is 154 Å². The zero-order valence-corrected chi connectivity index (χ0v) is 16.5. The summed E-state index contributed by atoms with van der Waals surface area (Å²) in [5.41, 5.74) is 6.60. The van der Waals surface area contributed by atoms with Gasteiger partial charge in [0.1, 0.15) is 5.01 Å². The number of nitrogens with two attached hydrogens (primary N) is 1. The average Bonchev–Trinajstić information content (AvgIpc) is 2.99. The molecule has 5 nitrogen and oxygen atoms in total. The van der Waals surface area contributed by atoms with Gasteiger partial charge in [-0.05, 0) is 13.8 Å². The highest BCUT2D eigenvalue weighted by atomic mass is 35.5. The molecular weight excluding hydrogens is 346 g/mol. The number of halogens is 1. The number of aromatic nitrogens is 1. The van der Waals surface area contributed by atoms with Gasteiger partial charge in [0.2, 0.25) is 0 Å². The van der Waals surface area contributed by atoms with Gasteiger partial charge in [-0.25, -0.2) is 4.98 Å². The Morgan fingerprint density at radius 2 is 1.92 bits per heavy atom. The van der Waals surface area contributed by atoms with Crippen molar-refractivity contribution >= 4 is 21.6 Å². The summed E-state index contributed by atoms with van der Waals surface area (Å²) in [4.78, 5) is 4.52. The van der Waals surface area contributed by atoms with Crippen molar-refractivity contribution in [3.8, 4) is 11.5 Å². The number of methoxy groups -OCH3 is 1. The maximum absolute atomic E-state index is 5.96. The quantitative estimate of drug-likeness (QED) is 0.497. The molecule has 0 spiro atoms. The largest absolute Gasteiger partial charge is 1.00 e. The zero-order chi connectivity index (χ0) is 16.9. The number of rotatable bonds is 9. The Bertz CT molecular complexity index is 644. The molecule has 0 radical (unpaired) electrons. The van der Waals surface area contributed by atoms with Crippen molar-refractivity contribution in [1.82, 2.24) is 4.98 Å². The fourth-order valence-electron chi connectivity index (χ4n) is 2.51. The summed E-state index contributed by atoms with van der Waals surface area (Å²) >= 11 is 1.60. The van der Waals surface area contributed by atoms with E-state index in [0.29, 0.717) is 13.2 Å². The molecule has 0 atom stereocenters. The van der Waals surface area contributed by atoms with Gasteiger partial charge >= 0.3 is 0 Å². The topological polar surface area (TPSA) is 57.4 Å². The molecule has 24 heavy (non-hydrogen) atoms. The van der Waals surface area contributed by atoms with Crippen molar-refractivity contribution in [2.45, 2.75) is 26.8 Å². The first kappa shape index (κ1) is 21.0. The number of hydrogen-bond donors (Lipinski definition) is 1. The number of hydrogen-bond acceptors (Lipinski definition) is 5. The summed E-state index contributed by atoms with van der Waals surface area (Å²) in [7, 11) is 3.96. The number of fused-ring (bicyclic) bond motifs is 1. The molecule has 0 bridgehead atoms. The molecule has 136 valence electrons. The highest BCUT2D eigenvalue weighted by Gasteiger charge is 2.16. The Morgan fingerprint density at radius 3 is 2.50 bits per heavy atom. The van der Waals surface area contributed by atoms with Crippen molar-refractivity contribution in [1.29, 1.82) is 0 Å². The minimum Gasteiger partial charge on any atom is -1.00 e. The number of ether oxygens (including phenoxy) is 2. The van der Waals surface area contributed by atoms with E-state index in [-0.39, 0.29) is 12.4 Å². The Balaban J connectivity index is 0.00000288. The van der Waals surface area contributed by atoms with E-state index in [4.69, 9.17) is 15.2 Å². The van der Waals surface area contributed by atoms with Gasteiger partial charge in [-0.1, -0.05) is 0 Å². The third kappa shape index (κ3) is 4.96. The van der Waals surface area contributed by atoms with Crippen LogP contribution in [0.1, 0.15) is 25.3 Å². The van der Waals surface area contributed by atoms with Gasteiger partial charge in [-0.3, -0.25) is 0 Å². The third-order valence-electron chi connectivity index (χ3n) is 4.52. The maximum atomic E-state index is 5.96. The Morgan fingerprint density at radius 1 is 1.21 bits per heavy atom. The van der Waals surface area contributed by atoms with Crippen LogP contribution in [0.25, 0.3) is 10.2 Å². The molecule has 7 heteroatoms. The summed E-state index contributed by atoms with van der Waals surface area (Å²) in [6.07, 6.45) is 1.02. The maximum Gasteiger partial charge on any atom is 0.163 e. The number of thiazole rings is 1. The van der Waals surface area contributed by atoms with Crippen molar-refractivity contribution in [3.63, 3.8) is 0 Å². The lowest BCUT2D eigenvalue weighted by Crippen LogP contribution is -3.00. The predicted octanol–water partition coefficient (Wildman–Crippen LogP) is 0.0229. The standard InChI is InChI=1S/C17H28N3O2S.ClH/c1-5-20(3,6-2)8-7-9-22-15-10-13-16(11-14(15)21-4)23-17(12-18)19-13;/h10-11H,5-9,12,18H2,1-4H3;1H/q+1;/p-1. The lowest BCUT2D eigenvalue weighted by atomic mass is 10.3. The van der Waals surface area contributed by atoms with E-state index in [1.54, 1.807) is 18.4 Å². The van der Waals surface area contributed by atoms with E-state index in [2.05, 4.69) is 25.9 Å². The molecule has 0 saturated heterocycles. The predicted molar refractivity (Wildman–Crippen MR) is 96.3 cm³/mol. The minimum atomic E-state index is 0. The summed E-state index contributed by atoms with van der Waals surface area (Å²) in [6, 6.07) is 3.94. The first-order valence-electron chi connectivity index (χ1n) is 8.19. The van der Waals surface area contributed by atoms with E-state index < -0.39 is 0 Å². The highest BCUT2D eigenvalue weighted by molar-refractivity contribution is 7.18. The van der Waals surface area contributed by atoms with Crippen LogP contribution in [-0.2, 0) is 6.54 Å². The molecule has 2 aromatic rings. The van der Waals surface area contributed by atoms with Crippen LogP contribution in [-0.4, -0.2) is 49.9 Å². The lowest BCUT2D eigenvalue weighted by Gasteiger charge is -2.32. The highest BCUT2D eigenvalue weighted by Crippen LogP contribution is 2.34. The van der Waals surface area contributed by atoms with E-state index in [1.165, 1.54) is 0 Å². The van der Waals surface area contributed by atoms with Crippen LogP contribution >= 0.6 is 11.3 Å². The number of benzene rings is 1. The lowest BCUT2D eigenvalue weighted by molar-refractivity contribution is -0.906. The summed E-state index contributed by atoms with van der Waals surface area (Å²) in [5.74, 6) is 1.52. The molecule has 1 heterocycles. The third-order valence-corrected chi connectivity index (χ3v) is 5.56. The summed E-state index contributed by atoms with van der Waals surface area (Å²) in [6.45, 7) is 9.02. The van der Waals surface area contributed by atoms with E-state index >= 15 is 0 Å². The second kappa shape index (κ2) is 9.42. The normalized spacial score (nSPS) is 11.4. The van der Waals surface area contributed by atoms with Crippen LogP contribution in [0.3, 0.4) is 0 Å². The van der Waals surface area contributed by atoms with Gasteiger partial charge in [0, 0.05) is 25.1 Å². The van der Waals surface area contributed by atoms with Gasteiger partial charge in [0.25, 0.3) is 0 Å². The van der Waals surface area contributed by atoms with Crippen LogP contribution in [0, 0.1) is 0 Å². The smallest absolute Gasteiger partial charge is 0.163 e. The molecule has 1 aromatic carbocycles. The first-order valence-corrected chi connectivity index (χ1v) is 9.00. The minimum absolute atomic E-state index is 0. The zero-order valence-electron chi connectivity index (χ0n) is 15.0. The van der Waals surface area contributed by atoms with E-state index in [0.717, 1.165) is 57.3 Å². The van der Waals surface area contributed by atoms with Crippen LogP contribution in [0.4, 0.5) is 0 Å². The second-order valence-corrected chi connectivity index (χ2v) is 7.08. The Kier molecular flexibility index (Phi) is 8.22. The van der Waals surface area contributed by atoms with Gasteiger partial charge in [0.15, 0.2) is 11.5 Å². The molecule has 0 unspecified atom stereocenters. The second-order valence-electron chi connectivity index (χ2n) is 5.96.